The Morgan fingerprint density at radius 1 is 1.27 bits per heavy atom. The fourth-order valence-corrected chi connectivity index (χ4v) is 2.98. The molecule has 0 bridgehead atoms. The first-order chi connectivity index (χ1) is 7.08. The molecule has 0 aliphatic carbocycles. The molecule has 1 atom stereocenters. The zero-order chi connectivity index (χ0) is 11.1. The van der Waals surface area contributed by atoms with Gasteiger partial charge in [-0.1, -0.05) is 0 Å². The molecule has 0 aromatic heterocycles. The summed E-state index contributed by atoms with van der Waals surface area (Å²) in [6.45, 7) is 10.1. The number of rotatable bonds is 6. The van der Waals surface area contributed by atoms with Crippen LogP contribution >= 0.6 is 11.8 Å². The van der Waals surface area contributed by atoms with Crippen LogP contribution in [0.5, 0.6) is 0 Å². The molecule has 1 rings (SSSR count). The Labute approximate surface area is 99.0 Å². The third-order valence-electron chi connectivity index (χ3n) is 2.58. The minimum absolute atomic E-state index is 0.265. The van der Waals surface area contributed by atoms with Crippen molar-refractivity contribution in [3.63, 3.8) is 0 Å². The summed E-state index contributed by atoms with van der Waals surface area (Å²) < 4.78 is 0. The SMILES string of the molecule is CC(C)(C)NCCCNCC1CCCS1. The smallest absolute Gasteiger partial charge is 0.0172 e. The molecular formula is C12H26N2S. The van der Waals surface area contributed by atoms with Gasteiger partial charge in [0.15, 0.2) is 0 Å². The molecule has 1 saturated heterocycles. The summed E-state index contributed by atoms with van der Waals surface area (Å²) in [4.78, 5) is 0. The van der Waals surface area contributed by atoms with Gasteiger partial charge in [0.1, 0.15) is 0 Å². The van der Waals surface area contributed by atoms with Gasteiger partial charge in [-0.15, -0.1) is 0 Å². The van der Waals surface area contributed by atoms with Gasteiger partial charge in [0.25, 0.3) is 0 Å². The van der Waals surface area contributed by atoms with Gasteiger partial charge >= 0.3 is 0 Å². The first-order valence-electron chi connectivity index (χ1n) is 6.15. The van der Waals surface area contributed by atoms with E-state index in [9.17, 15) is 0 Å². The van der Waals surface area contributed by atoms with Crippen molar-refractivity contribution in [1.29, 1.82) is 0 Å². The minimum atomic E-state index is 0.265. The van der Waals surface area contributed by atoms with E-state index >= 15 is 0 Å². The highest BCUT2D eigenvalue weighted by molar-refractivity contribution is 8.00. The van der Waals surface area contributed by atoms with Crippen molar-refractivity contribution in [3.05, 3.63) is 0 Å². The molecule has 2 nitrogen and oxygen atoms in total. The highest BCUT2D eigenvalue weighted by Crippen LogP contribution is 2.25. The summed E-state index contributed by atoms with van der Waals surface area (Å²) in [7, 11) is 0. The van der Waals surface area contributed by atoms with E-state index in [1.165, 1.54) is 31.6 Å². The predicted octanol–water partition coefficient (Wildman–Crippen LogP) is 2.25. The summed E-state index contributed by atoms with van der Waals surface area (Å²) in [6, 6.07) is 0. The van der Waals surface area contributed by atoms with E-state index in [1.807, 2.05) is 0 Å². The van der Waals surface area contributed by atoms with Gasteiger partial charge in [-0.2, -0.15) is 11.8 Å². The van der Waals surface area contributed by atoms with E-state index in [2.05, 4.69) is 43.2 Å². The van der Waals surface area contributed by atoms with Crippen LogP contribution in [0.4, 0.5) is 0 Å². The van der Waals surface area contributed by atoms with Gasteiger partial charge in [-0.05, 0) is 58.9 Å². The van der Waals surface area contributed by atoms with Crippen molar-refractivity contribution < 1.29 is 0 Å². The van der Waals surface area contributed by atoms with E-state index < -0.39 is 0 Å². The van der Waals surface area contributed by atoms with E-state index in [0.29, 0.717) is 0 Å². The molecule has 1 fully saturated rings. The predicted molar refractivity (Wildman–Crippen MR) is 70.7 cm³/mol. The van der Waals surface area contributed by atoms with Crippen LogP contribution in [-0.4, -0.2) is 36.2 Å². The zero-order valence-electron chi connectivity index (χ0n) is 10.4. The summed E-state index contributed by atoms with van der Waals surface area (Å²) >= 11 is 2.13. The van der Waals surface area contributed by atoms with Crippen molar-refractivity contribution >= 4 is 11.8 Å². The average Bonchev–Trinajstić information content (AvgIpc) is 2.61. The van der Waals surface area contributed by atoms with Crippen LogP contribution in [0, 0.1) is 0 Å². The Balaban J connectivity index is 1.84. The van der Waals surface area contributed by atoms with Gasteiger partial charge in [-0.25, -0.2) is 0 Å². The molecule has 0 radical (unpaired) electrons. The topological polar surface area (TPSA) is 24.1 Å². The maximum atomic E-state index is 3.55. The number of thioether (sulfide) groups is 1. The molecule has 0 aromatic carbocycles. The molecule has 1 heterocycles. The highest BCUT2D eigenvalue weighted by Gasteiger charge is 2.14. The molecule has 1 unspecified atom stereocenters. The Kier molecular flexibility index (Phi) is 6.02. The second-order valence-electron chi connectivity index (χ2n) is 5.37. The quantitative estimate of drug-likeness (QED) is 0.684. The van der Waals surface area contributed by atoms with Gasteiger partial charge in [0, 0.05) is 17.3 Å². The molecule has 0 aromatic rings. The lowest BCUT2D eigenvalue weighted by Gasteiger charge is -2.20. The van der Waals surface area contributed by atoms with Crippen molar-refractivity contribution in [2.24, 2.45) is 0 Å². The van der Waals surface area contributed by atoms with Crippen LogP contribution in [0.3, 0.4) is 0 Å². The third-order valence-corrected chi connectivity index (χ3v) is 3.98. The third kappa shape index (κ3) is 7.20. The van der Waals surface area contributed by atoms with Crippen LogP contribution < -0.4 is 10.6 Å². The maximum absolute atomic E-state index is 3.55. The van der Waals surface area contributed by atoms with Gasteiger partial charge < -0.3 is 10.6 Å². The molecule has 90 valence electrons. The lowest BCUT2D eigenvalue weighted by molar-refractivity contribution is 0.418. The van der Waals surface area contributed by atoms with Crippen molar-refractivity contribution in [2.75, 3.05) is 25.4 Å². The van der Waals surface area contributed by atoms with Crippen LogP contribution in [0.1, 0.15) is 40.0 Å². The monoisotopic (exact) mass is 230 g/mol. The van der Waals surface area contributed by atoms with Crippen molar-refractivity contribution in [3.8, 4) is 0 Å². The lowest BCUT2D eigenvalue weighted by atomic mass is 10.1. The molecule has 0 amide bonds. The minimum Gasteiger partial charge on any atom is -0.316 e. The molecule has 1 aliphatic heterocycles. The van der Waals surface area contributed by atoms with Crippen LogP contribution in [0.2, 0.25) is 0 Å². The lowest BCUT2D eigenvalue weighted by Crippen LogP contribution is -2.37. The van der Waals surface area contributed by atoms with Crippen LogP contribution in [0.25, 0.3) is 0 Å². The largest absolute Gasteiger partial charge is 0.316 e. The summed E-state index contributed by atoms with van der Waals surface area (Å²) in [6.07, 6.45) is 4.06. The first-order valence-corrected chi connectivity index (χ1v) is 7.20. The van der Waals surface area contributed by atoms with Gasteiger partial charge in [0.2, 0.25) is 0 Å². The summed E-state index contributed by atoms with van der Waals surface area (Å²) in [5.41, 5.74) is 0.265. The molecule has 15 heavy (non-hydrogen) atoms. The van der Waals surface area contributed by atoms with E-state index in [0.717, 1.165) is 18.3 Å². The number of hydrogen-bond donors (Lipinski definition) is 2. The van der Waals surface area contributed by atoms with Crippen LogP contribution in [-0.2, 0) is 0 Å². The van der Waals surface area contributed by atoms with Gasteiger partial charge in [0.05, 0.1) is 0 Å². The van der Waals surface area contributed by atoms with Crippen LogP contribution in [0.15, 0.2) is 0 Å². The molecule has 2 N–H and O–H groups in total. The number of hydrogen-bond acceptors (Lipinski definition) is 3. The van der Waals surface area contributed by atoms with Crippen molar-refractivity contribution in [2.45, 2.75) is 50.8 Å². The molecular weight excluding hydrogens is 204 g/mol. The number of nitrogens with one attached hydrogen (secondary N) is 2. The highest BCUT2D eigenvalue weighted by atomic mass is 32.2. The van der Waals surface area contributed by atoms with E-state index in [-0.39, 0.29) is 5.54 Å². The second-order valence-corrected chi connectivity index (χ2v) is 6.78. The van der Waals surface area contributed by atoms with E-state index in [4.69, 9.17) is 0 Å². The zero-order valence-corrected chi connectivity index (χ0v) is 11.3. The Morgan fingerprint density at radius 3 is 2.67 bits per heavy atom. The Morgan fingerprint density at radius 2 is 2.07 bits per heavy atom. The fourth-order valence-electron chi connectivity index (χ4n) is 1.75. The van der Waals surface area contributed by atoms with E-state index in [1.54, 1.807) is 0 Å². The van der Waals surface area contributed by atoms with Gasteiger partial charge in [-0.3, -0.25) is 0 Å². The first kappa shape index (κ1) is 13.3. The summed E-state index contributed by atoms with van der Waals surface area (Å²) in [5, 5.41) is 7.95. The molecule has 0 saturated carbocycles. The average molecular weight is 230 g/mol. The summed E-state index contributed by atoms with van der Waals surface area (Å²) in [5.74, 6) is 1.37. The van der Waals surface area contributed by atoms with Crippen molar-refractivity contribution in [1.82, 2.24) is 10.6 Å². The molecule has 0 spiro atoms. The molecule has 3 heteroatoms. The standard InChI is InChI=1S/C12H26N2S/c1-12(2,3)14-8-5-7-13-10-11-6-4-9-15-11/h11,13-14H,4-10H2,1-3H3. The Bertz CT molecular complexity index is 159. The molecule has 1 aliphatic rings. The maximum Gasteiger partial charge on any atom is 0.0172 e. The second kappa shape index (κ2) is 6.77. The Hall–Kier alpha value is 0.270. The fraction of sp³-hybridized carbons (Fsp3) is 1.00. The normalized spacial score (nSPS) is 22.2.